The summed E-state index contributed by atoms with van der Waals surface area (Å²) in [5.41, 5.74) is 2.30. The lowest BCUT2D eigenvalue weighted by molar-refractivity contribution is -0.118. The van der Waals surface area contributed by atoms with Crippen LogP contribution in [0.25, 0.3) is 0 Å². The van der Waals surface area contributed by atoms with Gasteiger partial charge >= 0.3 is 0 Å². The average molecular weight is 403 g/mol. The van der Waals surface area contributed by atoms with Crippen molar-refractivity contribution in [3.8, 4) is 5.75 Å². The van der Waals surface area contributed by atoms with Crippen LogP contribution in [0.2, 0.25) is 0 Å². The normalized spacial score (nSPS) is 21.8. The van der Waals surface area contributed by atoms with Crippen LogP contribution >= 0.6 is 0 Å². The maximum atomic E-state index is 13.3. The summed E-state index contributed by atoms with van der Waals surface area (Å²) < 4.78 is 31.7. The fourth-order valence-corrected chi connectivity index (χ4v) is 5.41. The molecule has 1 aliphatic rings. The largest absolute Gasteiger partial charge is 0.497 e. The third kappa shape index (κ3) is 3.77. The first-order chi connectivity index (χ1) is 13.3. The van der Waals surface area contributed by atoms with E-state index in [9.17, 15) is 13.2 Å². The Morgan fingerprint density at radius 3 is 2.57 bits per heavy atom. The topological polar surface area (TPSA) is 75.7 Å². The van der Waals surface area contributed by atoms with Crippen molar-refractivity contribution in [1.29, 1.82) is 0 Å². The summed E-state index contributed by atoms with van der Waals surface area (Å²) in [6.45, 7) is 4.06. The second-order valence-corrected chi connectivity index (χ2v) is 9.66. The Kier molecular flexibility index (Phi) is 5.76. The van der Waals surface area contributed by atoms with Crippen LogP contribution in [0.4, 0.5) is 5.69 Å². The minimum absolute atomic E-state index is 0.271. The molecule has 1 fully saturated rings. The second-order valence-electron chi connectivity index (χ2n) is 7.29. The molecule has 150 valence electrons. The van der Waals surface area contributed by atoms with E-state index in [1.54, 1.807) is 25.3 Å². The highest BCUT2D eigenvalue weighted by atomic mass is 32.2. The molecule has 0 bridgehead atoms. The summed E-state index contributed by atoms with van der Waals surface area (Å²) >= 11 is 0. The number of carbonyl (C=O) groups is 1. The molecule has 2 aromatic carbocycles. The fraction of sp³-hybridized carbons (Fsp3) is 0.381. The number of aryl methyl sites for hydroxylation is 1. The molecule has 0 saturated carbocycles. The highest BCUT2D eigenvalue weighted by Gasteiger charge is 2.51. The molecule has 0 unspecified atom stereocenters. The smallest absolute Gasteiger partial charge is 0.246 e. The monoisotopic (exact) mass is 402 g/mol. The van der Waals surface area contributed by atoms with Gasteiger partial charge in [-0.3, -0.25) is 4.79 Å². The van der Waals surface area contributed by atoms with E-state index < -0.39 is 20.7 Å². The molecule has 1 aliphatic heterocycles. The molecule has 0 radical (unpaired) electrons. The van der Waals surface area contributed by atoms with Crippen LogP contribution in [0.1, 0.15) is 30.9 Å². The molecule has 1 amide bonds. The number of anilines is 1. The average Bonchev–Trinajstić information content (AvgIpc) is 2.68. The quantitative estimate of drug-likeness (QED) is 0.832. The summed E-state index contributed by atoms with van der Waals surface area (Å²) in [6.07, 6.45) is 0.930. The van der Waals surface area contributed by atoms with Crippen molar-refractivity contribution in [1.82, 2.24) is 4.31 Å². The third-order valence-corrected chi connectivity index (χ3v) is 7.85. The Morgan fingerprint density at radius 1 is 1.21 bits per heavy atom. The molecule has 1 heterocycles. The first kappa shape index (κ1) is 20.4. The zero-order chi connectivity index (χ0) is 20.4. The van der Waals surface area contributed by atoms with Crippen LogP contribution in [0.5, 0.6) is 5.75 Å². The molecule has 1 saturated heterocycles. The Morgan fingerprint density at radius 2 is 1.93 bits per heavy atom. The van der Waals surface area contributed by atoms with Gasteiger partial charge in [0.1, 0.15) is 5.75 Å². The van der Waals surface area contributed by atoms with E-state index in [-0.39, 0.29) is 6.54 Å². The van der Waals surface area contributed by atoms with E-state index in [1.165, 1.54) is 11.2 Å². The van der Waals surface area contributed by atoms with Crippen molar-refractivity contribution in [2.75, 3.05) is 19.0 Å². The van der Waals surface area contributed by atoms with Gasteiger partial charge in [0.25, 0.3) is 0 Å². The number of methoxy groups -OCH3 is 1. The van der Waals surface area contributed by atoms with Crippen LogP contribution in [0.15, 0.2) is 48.5 Å². The van der Waals surface area contributed by atoms with Crippen molar-refractivity contribution in [3.05, 3.63) is 59.7 Å². The van der Waals surface area contributed by atoms with Gasteiger partial charge in [-0.1, -0.05) is 30.3 Å². The number of ether oxygens (including phenoxy) is 1. The van der Waals surface area contributed by atoms with Gasteiger partial charge in [-0.25, -0.2) is 8.42 Å². The third-order valence-electron chi connectivity index (χ3n) is 5.33. The minimum Gasteiger partial charge on any atom is -0.497 e. The first-order valence-electron chi connectivity index (χ1n) is 9.27. The molecule has 6 nitrogen and oxygen atoms in total. The summed E-state index contributed by atoms with van der Waals surface area (Å²) in [7, 11) is -2.24. The molecule has 1 atom stereocenters. The lowest BCUT2D eigenvalue weighted by Crippen LogP contribution is -2.56. The van der Waals surface area contributed by atoms with Gasteiger partial charge in [0, 0.05) is 18.8 Å². The second kappa shape index (κ2) is 7.93. The molecule has 0 aliphatic carbocycles. The molecular weight excluding hydrogens is 376 g/mol. The number of hydrogen-bond acceptors (Lipinski definition) is 4. The van der Waals surface area contributed by atoms with Crippen LogP contribution < -0.4 is 10.1 Å². The van der Waals surface area contributed by atoms with E-state index >= 15 is 0 Å². The summed E-state index contributed by atoms with van der Waals surface area (Å²) in [6, 6.07) is 14.7. The van der Waals surface area contributed by atoms with Gasteiger partial charge in [0.05, 0.1) is 7.11 Å². The highest BCUT2D eigenvalue weighted by Crippen LogP contribution is 2.34. The number of hydrogen-bond donors (Lipinski definition) is 1. The van der Waals surface area contributed by atoms with E-state index in [4.69, 9.17) is 4.74 Å². The number of amides is 1. The highest BCUT2D eigenvalue weighted by molar-refractivity contribution is 7.91. The van der Waals surface area contributed by atoms with Gasteiger partial charge in [-0.05, 0) is 56.0 Å². The lowest BCUT2D eigenvalue weighted by atomic mass is 10.0. The number of nitrogens with zero attached hydrogens (tertiary/aromatic N) is 1. The molecule has 2 aromatic rings. The summed E-state index contributed by atoms with van der Waals surface area (Å²) in [5, 5.41) is 2.81. The molecule has 1 N–H and O–H groups in total. The molecule has 3 rings (SSSR count). The first-order valence-corrected chi connectivity index (χ1v) is 10.7. The van der Waals surface area contributed by atoms with Gasteiger partial charge in [-0.2, -0.15) is 4.31 Å². The van der Waals surface area contributed by atoms with Crippen LogP contribution in [0.3, 0.4) is 0 Å². The van der Waals surface area contributed by atoms with E-state index in [1.807, 2.05) is 37.3 Å². The van der Waals surface area contributed by atoms with Crippen LogP contribution in [-0.4, -0.2) is 37.0 Å². The van der Waals surface area contributed by atoms with Crippen molar-refractivity contribution in [2.45, 2.75) is 38.0 Å². The molecular formula is C21H26N2O4S. The molecule has 7 heteroatoms. The number of sulfonamides is 1. The predicted molar refractivity (Wildman–Crippen MR) is 110 cm³/mol. The Hall–Kier alpha value is -2.38. The molecule has 0 spiro atoms. The SMILES string of the molecule is COc1ccc(NC(=O)[C@]2(C)CCCN(Cc3ccccc3)S2(=O)=O)c(C)c1. The van der Waals surface area contributed by atoms with Crippen molar-refractivity contribution < 1.29 is 17.9 Å². The van der Waals surface area contributed by atoms with Gasteiger partial charge < -0.3 is 10.1 Å². The zero-order valence-electron chi connectivity index (χ0n) is 16.4. The standard InChI is InChI=1S/C21H26N2O4S/c1-16-14-18(27-3)10-11-19(16)22-20(24)21(2)12-7-13-23(28(21,25)26)15-17-8-5-4-6-9-17/h4-6,8-11,14H,7,12-13,15H2,1-3H3,(H,22,24)/t21-/m0/s1. The number of nitrogens with one attached hydrogen (secondary N) is 1. The van der Waals surface area contributed by atoms with Crippen LogP contribution in [-0.2, 0) is 21.4 Å². The van der Waals surface area contributed by atoms with E-state index in [0.29, 0.717) is 30.8 Å². The van der Waals surface area contributed by atoms with Gasteiger partial charge in [0.15, 0.2) is 4.75 Å². The Bertz CT molecular complexity index is 960. The zero-order valence-corrected chi connectivity index (χ0v) is 17.3. The van der Waals surface area contributed by atoms with Gasteiger partial charge in [0.2, 0.25) is 15.9 Å². The number of benzene rings is 2. The summed E-state index contributed by atoms with van der Waals surface area (Å²) in [5.74, 6) is 0.180. The van der Waals surface area contributed by atoms with E-state index in [2.05, 4.69) is 5.32 Å². The number of rotatable bonds is 5. The minimum atomic E-state index is -3.81. The van der Waals surface area contributed by atoms with Crippen LogP contribution in [0, 0.1) is 6.92 Å². The maximum absolute atomic E-state index is 13.3. The number of carbonyl (C=O) groups excluding carboxylic acids is 1. The molecule has 28 heavy (non-hydrogen) atoms. The fourth-order valence-electron chi connectivity index (χ4n) is 3.47. The Balaban J connectivity index is 1.84. The van der Waals surface area contributed by atoms with Crippen molar-refractivity contribution in [2.24, 2.45) is 0 Å². The lowest BCUT2D eigenvalue weighted by Gasteiger charge is -2.38. The Labute approximate surface area is 166 Å². The van der Waals surface area contributed by atoms with Gasteiger partial charge in [-0.15, -0.1) is 0 Å². The maximum Gasteiger partial charge on any atom is 0.246 e. The summed E-state index contributed by atoms with van der Waals surface area (Å²) in [4.78, 5) is 13.1. The van der Waals surface area contributed by atoms with Crippen molar-refractivity contribution >= 4 is 21.6 Å². The van der Waals surface area contributed by atoms with Crippen molar-refractivity contribution in [3.63, 3.8) is 0 Å². The molecule has 0 aromatic heterocycles. The predicted octanol–water partition coefficient (Wildman–Crippen LogP) is 3.33. The van der Waals surface area contributed by atoms with E-state index in [0.717, 1.165) is 11.1 Å².